The molecule has 1 heterocycles. The Hall–Kier alpha value is -4.06. The number of hydrogen-bond acceptors (Lipinski definition) is 5. The summed E-state index contributed by atoms with van der Waals surface area (Å²) in [5.74, 6) is 0.770. The number of nitrogens with one attached hydrogen (secondary N) is 1. The molecule has 0 radical (unpaired) electrons. The maximum atomic E-state index is 13.2. The first-order valence-corrected chi connectivity index (χ1v) is 9.72. The number of fused-ring (bicyclic) bond motifs is 1. The summed E-state index contributed by atoms with van der Waals surface area (Å²) in [7, 11) is 3.13. The number of anilines is 1. The minimum atomic E-state index is -0.338. The highest BCUT2D eigenvalue weighted by molar-refractivity contribution is 6.17. The molecule has 0 saturated carbocycles. The van der Waals surface area contributed by atoms with E-state index in [1.807, 2.05) is 30.3 Å². The summed E-state index contributed by atoms with van der Waals surface area (Å²) in [5.41, 5.74) is 2.12. The van der Waals surface area contributed by atoms with Gasteiger partial charge in [0.1, 0.15) is 17.1 Å². The predicted octanol–water partition coefficient (Wildman–Crippen LogP) is 4.86. The van der Waals surface area contributed by atoms with Gasteiger partial charge in [-0.15, -0.1) is 0 Å². The average Bonchev–Trinajstić information content (AvgIpc) is 3.17. The Bertz CT molecular complexity index is 1240. The van der Waals surface area contributed by atoms with Gasteiger partial charge in [0.05, 0.1) is 26.3 Å². The van der Waals surface area contributed by atoms with Crippen molar-refractivity contribution >= 4 is 28.3 Å². The summed E-state index contributed by atoms with van der Waals surface area (Å²) < 4.78 is 16.2. The van der Waals surface area contributed by atoms with Crippen LogP contribution in [0.15, 0.2) is 77.2 Å². The van der Waals surface area contributed by atoms with E-state index in [1.54, 1.807) is 49.6 Å². The molecule has 6 nitrogen and oxygen atoms in total. The maximum Gasteiger partial charge on any atom is 0.230 e. The van der Waals surface area contributed by atoms with Gasteiger partial charge in [-0.3, -0.25) is 9.59 Å². The van der Waals surface area contributed by atoms with Crippen molar-refractivity contribution < 1.29 is 23.5 Å². The SMILES string of the molecule is COc1ccc(CC(=O)Nc2c(C(=O)c3cccc(OC)c3)oc3ccccc23)cc1. The number of rotatable bonds is 7. The van der Waals surface area contributed by atoms with E-state index in [-0.39, 0.29) is 23.9 Å². The Morgan fingerprint density at radius 2 is 1.61 bits per heavy atom. The van der Waals surface area contributed by atoms with E-state index in [0.717, 1.165) is 11.3 Å². The van der Waals surface area contributed by atoms with E-state index < -0.39 is 0 Å². The van der Waals surface area contributed by atoms with Gasteiger partial charge in [-0.25, -0.2) is 0 Å². The van der Waals surface area contributed by atoms with Gasteiger partial charge in [0.2, 0.25) is 11.7 Å². The molecule has 3 aromatic carbocycles. The second-order valence-corrected chi connectivity index (χ2v) is 6.94. The van der Waals surface area contributed by atoms with E-state index in [4.69, 9.17) is 13.9 Å². The number of para-hydroxylation sites is 1. The van der Waals surface area contributed by atoms with Crippen LogP contribution in [0.1, 0.15) is 21.7 Å². The summed E-state index contributed by atoms with van der Waals surface area (Å²) in [6, 6.07) is 21.3. The van der Waals surface area contributed by atoms with Gasteiger partial charge in [-0.2, -0.15) is 0 Å². The van der Waals surface area contributed by atoms with Crippen molar-refractivity contribution in [3.63, 3.8) is 0 Å². The van der Waals surface area contributed by atoms with Gasteiger partial charge in [0, 0.05) is 10.9 Å². The van der Waals surface area contributed by atoms with E-state index in [9.17, 15) is 9.59 Å². The first kappa shape index (κ1) is 20.2. The van der Waals surface area contributed by atoms with Crippen LogP contribution in [-0.2, 0) is 11.2 Å². The van der Waals surface area contributed by atoms with Crippen LogP contribution in [0.4, 0.5) is 5.69 Å². The summed E-state index contributed by atoms with van der Waals surface area (Å²) in [6.45, 7) is 0. The minimum absolute atomic E-state index is 0.0810. The van der Waals surface area contributed by atoms with Gasteiger partial charge in [-0.05, 0) is 42.0 Å². The van der Waals surface area contributed by atoms with E-state index >= 15 is 0 Å². The molecule has 4 aromatic rings. The van der Waals surface area contributed by atoms with Crippen LogP contribution in [0, 0.1) is 0 Å². The minimum Gasteiger partial charge on any atom is -0.497 e. The average molecular weight is 415 g/mol. The van der Waals surface area contributed by atoms with Gasteiger partial charge < -0.3 is 19.2 Å². The molecule has 0 fully saturated rings. The molecule has 4 rings (SSSR count). The van der Waals surface area contributed by atoms with Crippen molar-refractivity contribution in [2.75, 3.05) is 19.5 Å². The van der Waals surface area contributed by atoms with Crippen LogP contribution in [0.2, 0.25) is 0 Å². The largest absolute Gasteiger partial charge is 0.497 e. The van der Waals surface area contributed by atoms with Crippen LogP contribution < -0.4 is 14.8 Å². The second-order valence-electron chi connectivity index (χ2n) is 6.94. The van der Waals surface area contributed by atoms with Crippen molar-refractivity contribution in [3.05, 3.63) is 89.7 Å². The molecule has 0 saturated heterocycles. The lowest BCUT2D eigenvalue weighted by molar-refractivity contribution is -0.115. The molecule has 1 aromatic heterocycles. The molecule has 0 spiro atoms. The Balaban J connectivity index is 1.66. The van der Waals surface area contributed by atoms with Crippen molar-refractivity contribution in [1.82, 2.24) is 0 Å². The fourth-order valence-electron chi connectivity index (χ4n) is 3.34. The molecule has 0 bridgehead atoms. The first-order valence-electron chi connectivity index (χ1n) is 9.72. The molecule has 0 unspecified atom stereocenters. The zero-order valence-electron chi connectivity index (χ0n) is 17.2. The molecule has 6 heteroatoms. The molecule has 31 heavy (non-hydrogen) atoms. The lowest BCUT2D eigenvalue weighted by atomic mass is 10.1. The molecule has 0 aliphatic rings. The Morgan fingerprint density at radius 1 is 0.871 bits per heavy atom. The lowest BCUT2D eigenvalue weighted by Gasteiger charge is -2.08. The van der Waals surface area contributed by atoms with Crippen LogP contribution in [-0.4, -0.2) is 25.9 Å². The normalized spacial score (nSPS) is 10.6. The number of ketones is 1. The van der Waals surface area contributed by atoms with E-state index in [1.165, 1.54) is 7.11 Å². The molecule has 0 aliphatic heterocycles. The first-order chi connectivity index (χ1) is 15.1. The topological polar surface area (TPSA) is 77.8 Å². The quantitative estimate of drug-likeness (QED) is 0.436. The van der Waals surface area contributed by atoms with Crippen molar-refractivity contribution in [1.29, 1.82) is 0 Å². The summed E-state index contributed by atoms with van der Waals surface area (Å²) >= 11 is 0. The number of carbonyl (C=O) groups excluding carboxylic acids is 2. The van der Waals surface area contributed by atoms with Crippen LogP contribution in [0.3, 0.4) is 0 Å². The van der Waals surface area contributed by atoms with Gasteiger partial charge in [0.15, 0.2) is 5.76 Å². The van der Waals surface area contributed by atoms with E-state index in [0.29, 0.717) is 28.0 Å². The molecule has 0 aliphatic carbocycles. The number of benzene rings is 3. The predicted molar refractivity (Wildman–Crippen MR) is 118 cm³/mol. The van der Waals surface area contributed by atoms with Crippen LogP contribution in [0.5, 0.6) is 11.5 Å². The van der Waals surface area contributed by atoms with E-state index in [2.05, 4.69) is 5.32 Å². The zero-order chi connectivity index (χ0) is 21.8. The number of methoxy groups -OCH3 is 2. The third kappa shape index (κ3) is 4.28. The number of furan rings is 1. The Labute approximate surface area is 179 Å². The van der Waals surface area contributed by atoms with Gasteiger partial charge in [-0.1, -0.05) is 36.4 Å². The maximum absolute atomic E-state index is 13.2. The fourth-order valence-corrected chi connectivity index (χ4v) is 3.34. The standard InChI is InChI=1S/C25H21NO5/c1-29-18-12-10-16(11-13-18)14-22(27)26-23-20-8-3-4-9-21(20)31-25(23)24(28)17-6-5-7-19(15-17)30-2/h3-13,15H,14H2,1-2H3,(H,26,27). The lowest BCUT2D eigenvalue weighted by Crippen LogP contribution is -2.16. The number of amides is 1. The fraction of sp³-hybridized carbons (Fsp3) is 0.120. The Morgan fingerprint density at radius 3 is 2.35 bits per heavy atom. The molecule has 1 amide bonds. The highest BCUT2D eigenvalue weighted by Crippen LogP contribution is 2.33. The monoisotopic (exact) mass is 415 g/mol. The molecular formula is C25H21NO5. The van der Waals surface area contributed by atoms with Crippen molar-refractivity contribution in [2.24, 2.45) is 0 Å². The second kappa shape index (κ2) is 8.75. The van der Waals surface area contributed by atoms with Crippen molar-refractivity contribution in [2.45, 2.75) is 6.42 Å². The highest BCUT2D eigenvalue weighted by Gasteiger charge is 2.23. The third-order valence-electron chi connectivity index (χ3n) is 4.92. The number of carbonyl (C=O) groups is 2. The zero-order valence-corrected chi connectivity index (χ0v) is 17.2. The summed E-state index contributed by atoms with van der Waals surface area (Å²) in [4.78, 5) is 26.0. The molecule has 0 atom stereocenters. The summed E-state index contributed by atoms with van der Waals surface area (Å²) in [6.07, 6.45) is 0.149. The highest BCUT2D eigenvalue weighted by atomic mass is 16.5. The number of hydrogen-bond donors (Lipinski definition) is 1. The van der Waals surface area contributed by atoms with Crippen molar-refractivity contribution in [3.8, 4) is 11.5 Å². The van der Waals surface area contributed by atoms with Gasteiger partial charge in [0.25, 0.3) is 0 Å². The molecule has 1 N–H and O–H groups in total. The van der Waals surface area contributed by atoms with Gasteiger partial charge >= 0.3 is 0 Å². The smallest absolute Gasteiger partial charge is 0.230 e. The third-order valence-corrected chi connectivity index (χ3v) is 4.92. The molecular weight excluding hydrogens is 394 g/mol. The molecule has 156 valence electrons. The van der Waals surface area contributed by atoms with Crippen LogP contribution in [0.25, 0.3) is 11.0 Å². The Kier molecular flexibility index (Phi) is 5.71. The number of ether oxygens (including phenoxy) is 2. The summed E-state index contributed by atoms with van der Waals surface area (Å²) in [5, 5.41) is 3.54. The van der Waals surface area contributed by atoms with Crippen LogP contribution >= 0.6 is 0 Å².